The van der Waals surface area contributed by atoms with Gasteiger partial charge in [0.15, 0.2) is 0 Å². The molecule has 1 rings (SSSR count). The summed E-state index contributed by atoms with van der Waals surface area (Å²) in [5.41, 5.74) is 0. The summed E-state index contributed by atoms with van der Waals surface area (Å²) in [6.45, 7) is 4.99. The van der Waals surface area contributed by atoms with Crippen molar-refractivity contribution in [1.29, 1.82) is 0 Å². The van der Waals surface area contributed by atoms with Crippen molar-refractivity contribution in [2.24, 2.45) is 5.92 Å². The number of amides is 2. The van der Waals surface area contributed by atoms with Gasteiger partial charge in [-0.05, 0) is 33.1 Å². The fourth-order valence-corrected chi connectivity index (χ4v) is 2.23. The van der Waals surface area contributed by atoms with Crippen molar-refractivity contribution in [3.05, 3.63) is 12.2 Å². The fourth-order valence-electron chi connectivity index (χ4n) is 2.23. The molecule has 5 nitrogen and oxygen atoms in total. The molecule has 0 bridgehead atoms. The molecule has 2 N–H and O–H groups in total. The number of piperidine rings is 1. The van der Waals surface area contributed by atoms with Gasteiger partial charge < -0.3 is 15.3 Å². The van der Waals surface area contributed by atoms with E-state index in [1.54, 1.807) is 4.90 Å². The number of nitrogens with zero attached hydrogens (tertiary/aromatic N) is 1. The van der Waals surface area contributed by atoms with Crippen molar-refractivity contribution in [3.63, 3.8) is 0 Å². The number of hydrogen-bond acceptors (Lipinski definition) is 2. The molecule has 2 amide bonds. The van der Waals surface area contributed by atoms with E-state index in [2.05, 4.69) is 5.32 Å². The Morgan fingerprint density at radius 3 is 2.78 bits per heavy atom. The number of carbonyl (C=O) groups excluding carboxylic acids is 1. The van der Waals surface area contributed by atoms with Crippen LogP contribution in [0.4, 0.5) is 4.79 Å². The lowest BCUT2D eigenvalue weighted by Gasteiger charge is -2.36. The third-order valence-electron chi connectivity index (χ3n) is 3.31. The molecule has 0 aromatic heterocycles. The van der Waals surface area contributed by atoms with Crippen LogP contribution >= 0.6 is 0 Å². The maximum absolute atomic E-state index is 11.9. The van der Waals surface area contributed by atoms with Crippen LogP contribution in [0.15, 0.2) is 12.2 Å². The number of hydrogen-bond donors (Lipinski definition) is 2. The molecule has 1 heterocycles. The van der Waals surface area contributed by atoms with Gasteiger partial charge in [-0.25, -0.2) is 4.79 Å². The molecule has 1 aliphatic heterocycles. The van der Waals surface area contributed by atoms with Crippen LogP contribution in [0, 0.1) is 5.92 Å². The number of carboxylic acids is 1. The molecule has 0 aliphatic carbocycles. The van der Waals surface area contributed by atoms with Crippen LogP contribution in [-0.4, -0.2) is 41.1 Å². The molecular formula is C13H22N2O3. The molecule has 0 radical (unpaired) electrons. The zero-order valence-corrected chi connectivity index (χ0v) is 11.1. The van der Waals surface area contributed by atoms with Gasteiger partial charge in [0, 0.05) is 19.1 Å². The predicted molar refractivity (Wildman–Crippen MR) is 69.4 cm³/mol. The number of aliphatic carboxylic acids is 1. The number of carbonyl (C=O) groups is 2. The highest BCUT2D eigenvalue weighted by Gasteiger charge is 2.31. The maximum Gasteiger partial charge on any atom is 0.317 e. The minimum atomic E-state index is -0.755. The SMILES string of the molecule is C/C=C/CCNC(=O)N1CCC(C(=O)O)CC1C. The first kappa shape index (κ1) is 14.5. The third kappa shape index (κ3) is 4.05. The van der Waals surface area contributed by atoms with Crippen molar-refractivity contribution in [3.8, 4) is 0 Å². The summed E-state index contributed by atoms with van der Waals surface area (Å²) in [6.07, 6.45) is 5.86. The summed E-state index contributed by atoms with van der Waals surface area (Å²) in [4.78, 5) is 24.5. The standard InChI is InChI=1S/C13H22N2O3/c1-3-4-5-7-14-13(18)15-8-6-11(12(16)17)9-10(15)2/h3-4,10-11H,5-9H2,1-2H3,(H,14,18)(H,16,17)/b4-3+. The Morgan fingerprint density at radius 1 is 1.50 bits per heavy atom. The van der Waals surface area contributed by atoms with Crippen LogP contribution in [0.1, 0.15) is 33.1 Å². The van der Waals surface area contributed by atoms with Gasteiger partial charge in [-0.15, -0.1) is 0 Å². The van der Waals surface area contributed by atoms with E-state index in [0.717, 1.165) is 6.42 Å². The summed E-state index contributed by atoms with van der Waals surface area (Å²) in [6, 6.07) is -0.0996. The van der Waals surface area contributed by atoms with E-state index in [1.165, 1.54) is 0 Å². The molecule has 2 atom stereocenters. The van der Waals surface area contributed by atoms with Gasteiger partial charge in [0.25, 0.3) is 0 Å². The minimum absolute atomic E-state index is 0.0124. The average Bonchev–Trinajstić information content (AvgIpc) is 2.34. The van der Waals surface area contributed by atoms with Gasteiger partial charge in [-0.1, -0.05) is 12.2 Å². The van der Waals surface area contributed by atoms with E-state index in [4.69, 9.17) is 5.11 Å². The average molecular weight is 254 g/mol. The van der Waals surface area contributed by atoms with Crippen LogP contribution in [0.2, 0.25) is 0 Å². The second-order valence-corrected chi connectivity index (χ2v) is 4.69. The van der Waals surface area contributed by atoms with Crippen molar-refractivity contribution in [2.45, 2.75) is 39.2 Å². The van der Waals surface area contributed by atoms with Crippen LogP contribution in [0.5, 0.6) is 0 Å². The molecule has 2 unspecified atom stereocenters. The first-order valence-corrected chi connectivity index (χ1v) is 6.44. The van der Waals surface area contributed by atoms with Gasteiger partial charge in [-0.3, -0.25) is 4.79 Å². The second kappa shape index (κ2) is 7.03. The highest BCUT2D eigenvalue weighted by Crippen LogP contribution is 2.22. The maximum atomic E-state index is 11.9. The lowest BCUT2D eigenvalue weighted by atomic mass is 9.92. The Labute approximate surface area is 108 Å². The van der Waals surface area contributed by atoms with Gasteiger partial charge in [0.2, 0.25) is 0 Å². The number of rotatable bonds is 4. The van der Waals surface area contributed by atoms with Crippen molar-refractivity contribution in [2.75, 3.05) is 13.1 Å². The van der Waals surface area contributed by atoms with E-state index in [-0.39, 0.29) is 18.0 Å². The Bertz CT molecular complexity index is 328. The van der Waals surface area contributed by atoms with E-state index in [9.17, 15) is 9.59 Å². The third-order valence-corrected chi connectivity index (χ3v) is 3.31. The van der Waals surface area contributed by atoms with Crippen LogP contribution in [0.25, 0.3) is 0 Å². The number of urea groups is 1. The van der Waals surface area contributed by atoms with E-state index >= 15 is 0 Å². The first-order chi connectivity index (χ1) is 8.56. The van der Waals surface area contributed by atoms with E-state index in [0.29, 0.717) is 25.9 Å². The van der Waals surface area contributed by atoms with Gasteiger partial charge in [-0.2, -0.15) is 0 Å². The van der Waals surface area contributed by atoms with Crippen molar-refractivity contribution >= 4 is 12.0 Å². The van der Waals surface area contributed by atoms with Gasteiger partial charge in [0.1, 0.15) is 0 Å². The summed E-state index contributed by atoms with van der Waals surface area (Å²) in [7, 11) is 0. The number of likely N-dealkylation sites (tertiary alicyclic amines) is 1. The van der Waals surface area contributed by atoms with Crippen molar-refractivity contribution < 1.29 is 14.7 Å². The highest BCUT2D eigenvalue weighted by atomic mass is 16.4. The Hall–Kier alpha value is -1.52. The molecule has 1 fully saturated rings. The zero-order valence-electron chi connectivity index (χ0n) is 11.1. The molecule has 102 valence electrons. The quantitative estimate of drug-likeness (QED) is 0.594. The molecular weight excluding hydrogens is 232 g/mol. The van der Waals surface area contributed by atoms with E-state index in [1.807, 2.05) is 26.0 Å². The molecule has 18 heavy (non-hydrogen) atoms. The normalized spacial score (nSPS) is 24.2. The van der Waals surface area contributed by atoms with Gasteiger partial charge in [0.05, 0.1) is 5.92 Å². The first-order valence-electron chi connectivity index (χ1n) is 6.44. The second-order valence-electron chi connectivity index (χ2n) is 4.69. The van der Waals surface area contributed by atoms with Crippen molar-refractivity contribution in [1.82, 2.24) is 10.2 Å². The highest BCUT2D eigenvalue weighted by molar-refractivity contribution is 5.75. The number of allylic oxidation sites excluding steroid dienone is 1. The monoisotopic (exact) mass is 254 g/mol. The van der Waals surface area contributed by atoms with Crippen LogP contribution in [0.3, 0.4) is 0 Å². The molecule has 0 spiro atoms. The fraction of sp³-hybridized carbons (Fsp3) is 0.692. The van der Waals surface area contributed by atoms with E-state index < -0.39 is 5.97 Å². The van der Waals surface area contributed by atoms with Crippen LogP contribution in [-0.2, 0) is 4.79 Å². The lowest BCUT2D eigenvalue weighted by molar-refractivity contribution is -0.143. The van der Waals surface area contributed by atoms with Crippen LogP contribution < -0.4 is 5.32 Å². The molecule has 0 aromatic rings. The zero-order chi connectivity index (χ0) is 13.5. The minimum Gasteiger partial charge on any atom is -0.481 e. The Kier molecular flexibility index (Phi) is 5.68. The lowest BCUT2D eigenvalue weighted by Crippen LogP contribution is -2.50. The molecule has 0 aromatic carbocycles. The largest absolute Gasteiger partial charge is 0.481 e. The predicted octanol–water partition coefficient (Wildman–Crippen LogP) is 1.85. The molecule has 0 saturated carbocycles. The molecule has 1 aliphatic rings. The Morgan fingerprint density at radius 2 is 2.22 bits per heavy atom. The number of carboxylic acid groups (broad SMARTS) is 1. The summed E-state index contributed by atoms with van der Waals surface area (Å²) in [5.74, 6) is -1.07. The topological polar surface area (TPSA) is 69.6 Å². The molecule has 1 saturated heterocycles. The van der Waals surface area contributed by atoms with Gasteiger partial charge >= 0.3 is 12.0 Å². The summed E-state index contributed by atoms with van der Waals surface area (Å²) < 4.78 is 0. The molecule has 5 heteroatoms. The smallest absolute Gasteiger partial charge is 0.317 e. The Balaban J connectivity index is 2.38. The summed E-state index contributed by atoms with van der Waals surface area (Å²) in [5, 5.41) is 11.8. The summed E-state index contributed by atoms with van der Waals surface area (Å²) >= 11 is 0. The number of nitrogens with one attached hydrogen (secondary N) is 1.